The summed E-state index contributed by atoms with van der Waals surface area (Å²) >= 11 is 1.63. The van der Waals surface area contributed by atoms with Gasteiger partial charge in [-0.2, -0.15) is 0 Å². The van der Waals surface area contributed by atoms with Gasteiger partial charge in [-0.05, 0) is 60.6 Å². The van der Waals surface area contributed by atoms with Gasteiger partial charge in [0.25, 0.3) is 0 Å². The van der Waals surface area contributed by atoms with Crippen LogP contribution < -0.4 is 0 Å². The van der Waals surface area contributed by atoms with Crippen LogP contribution in [0.15, 0.2) is 78.8 Å². The molecule has 24 heavy (non-hydrogen) atoms. The van der Waals surface area contributed by atoms with Crippen molar-refractivity contribution in [2.75, 3.05) is 6.26 Å². The first-order chi connectivity index (χ1) is 11.5. The van der Waals surface area contributed by atoms with E-state index in [0.717, 1.165) is 27.4 Å². The summed E-state index contributed by atoms with van der Waals surface area (Å²) in [4.78, 5) is 4.59. The van der Waals surface area contributed by atoms with Gasteiger partial charge in [0.15, 0.2) is 0 Å². The summed E-state index contributed by atoms with van der Waals surface area (Å²) in [6.07, 6.45) is 5.86. The van der Waals surface area contributed by atoms with Crippen molar-refractivity contribution in [3.8, 4) is 11.1 Å². The summed E-state index contributed by atoms with van der Waals surface area (Å²) in [6.45, 7) is 12.0. The SMILES string of the molecule is C=C/C=C(\C)c1cc(C(=C)N=C(C)SC)cc(-c2ccccc2)c1. The third-order valence-electron chi connectivity index (χ3n) is 3.78. The molecule has 0 aliphatic heterocycles. The van der Waals surface area contributed by atoms with Gasteiger partial charge in [0.1, 0.15) is 0 Å². The molecule has 2 aromatic rings. The van der Waals surface area contributed by atoms with Gasteiger partial charge in [-0.25, -0.2) is 4.99 Å². The van der Waals surface area contributed by atoms with Crippen LogP contribution in [0.1, 0.15) is 25.0 Å². The zero-order valence-corrected chi connectivity index (χ0v) is 15.4. The molecule has 0 fully saturated rings. The Labute approximate surface area is 149 Å². The maximum atomic E-state index is 4.59. The molecule has 0 spiro atoms. The average molecular weight is 334 g/mol. The third-order valence-corrected chi connectivity index (χ3v) is 4.47. The van der Waals surface area contributed by atoms with Crippen LogP contribution in [0.5, 0.6) is 0 Å². The highest BCUT2D eigenvalue weighted by Crippen LogP contribution is 2.29. The van der Waals surface area contributed by atoms with Crippen LogP contribution in [-0.2, 0) is 0 Å². The first-order valence-corrected chi connectivity index (χ1v) is 9.06. The van der Waals surface area contributed by atoms with Gasteiger partial charge in [-0.3, -0.25) is 0 Å². The first-order valence-electron chi connectivity index (χ1n) is 7.84. The molecular weight excluding hydrogens is 310 g/mol. The standard InChI is InChI=1S/C22H23NS/c1-6-10-16(2)20-13-21(17(3)23-18(4)24-5)15-22(14-20)19-11-8-7-9-12-19/h6-15H,1,3H2,2,4-5H3/b16-10+,23-18?. The second-order valence-corrected chi connectivity index (χ2v) is 6.53. The van der Waals surface area contributed by atoms with E-state index in [0.29, 0.717) is 0 Å². The smallest absolute Gasteiger partial charge is 0.0704 e. The predicted octanol–water partition coefficient (Wildman–Crippen LogP) is 6.70. The van der Waals surface area contributed by atoms with E-state index in [1.54, 1.807) is 11.8 Å². The molecule has 0 aliphatic carbocycles. The Morgan fingerprint density at radius 1 is 1.00 bits per heavy atom. The topological polar surface area (TPSA) is 12.4 Å². The van der Waals surface area contributed by atoms with Gasteiger partial charge >= 0.3 is 0 Å². The van der Waals surface area contributed by atoms with E-state index >= 15 is 0 Å². The molecule has 0 heterocycles. The molecule has 0 unspecified atom stereocenters. The van der Waals surface area contributed by atoms with Gasteiger partial charge in [0, 0.05) is 5.56 Å². The van der Waals surface area contributed by atoms with Crippen molar-refractivity contribution in [3.05, 3.63) is 85.0 Å². The van der Waals surface area contributed by atoms with Crippen molar-refractivity contribution in [2.45, 2.75) is 13.8 Å². The van der Waals surface area contributed by atoms with Crippen LogP contribution in [0.4, 0.5) is 0 Å². The minimum atomic E-state index is 0.785. The molecule has 0 saturated heterocycles. The maximum absolute atomic E-state index is 4.59. The second kappa shape index (κ2) is 8.51. The number of rotatable bonds is 5. The highest BCUT2D eigenvalue weighted by atomic mass is 32.2. The monoisotopic (exact) mass is 333 g/mol. The number of hydrogen-bond acceptors (Lipinski definition) is 2. The number of allylic oxidation sites excluding steroid dienone is 3. The van der Waals surface area contributed by atoms with Gasteiger partial charge in [-0.15, -0.1) is 11.8 Å². The second-order valence-electron chi connectivity index (χ2n) is 5.53. The molecule has 2 aromatic carbocycles. The fourth-order valence-corrected chi connectivity index (χ4v) is 2.59. The van der Waals surface area contributed by atoms with Gasteiger partial charge in [-0.1, -0.05) is 55.6 Å². The van der Waals surface area contributed by atoms with E-state index in [2.05, 4.69) is 67.5 Å². The quantitative estimate of drug-likeness (QED) is 0.337. The number of nitrogens with zero attached hydrogens (tertiary/aromatic N) is 1. The predicted molar refractivity (Wildman–Crippen MR) is 111 cm³/mol. The molecule has 2 rings (SSSR count). The summed E-state index contributed by atoms with van der Waals surface area (Å²) in [7, 11) is 0. The molecule has 0 radical (unpaired) electrons. The van der Waals surface area contributed by atoms with Crippen molar-refractivity contribution in [1.82, 2.24) is 0 Å². The Morgan fingerprint density at radius 2 is 1.67 bits per heavy atom. The largest absolute Gasteiger partial charge is 0.247 e. The van der Waals surface area contributed by atoms with Crippen LogP contribution in [0.25, 0.3) is 22.4 Å². The molecule has 0 N–H and O–H groups in total. The lowest BCUT2D eigenvalue weighted by Crippen LogP contribution is -1.90. The normalized spacial score (nSPS) is 12.1. The molecule has 1 nitrogen and oxygen atoms in total. The summed E-state index contributed by atoms with van der Waals surface area (Å²) in [5.74, 6) is 0. The fraction of sp³-hybridized carbons (Fsp3) is 0.136. The van der Waals surface area contributed by atoms with E-state index in [1.807, 2.05) is 31.4 Å². The minimum Gasteiger partial charge on any atom is -0.247 e. The molecule has 0 aliphatic rings. The highest BCUT2D eigenvalue weighted by molar-refractivity contribution is 8.13. The fourth-order valence-electron chi connectivity index (χ4n) is 2.39. The summed E-state index contributed by atoms with van der Waals surface area (Å²) in [5.41, 5.74) is 6.50. The molecular formula is C22H23NS. The molecule has 0 amide bonds. The first kappa shape index (κ1) is 18.0. The Kier molecular flexibility index (Phi) is 6.39. The lowest BCUT2D eigenvalue weighted by molar-refractivity contribution is 1.47. The van der Waals surface area contributed by atoms with E-state index < -0.39 is 0 Å². The third kappa shape index (κ3) is 4.59. The van der Waals surface area contributed by atoms with Gasteiger partial charge < -0.3 is 0 Å². The van der Waals surface area contributed by atoms with Crippen molar-refractivity contribution in [2.24, 2.45) is 4.99 Å². The maximum Gasteiger partial charge on any atom is 0.0704 e. The molecule has 0 bridgehead atoms. The van der Waals surface area contributed by atoms with Crippen molar-refractivity contribution < 1.29 is 0 Å². The average Bonchev–Trinajstić information content (AvgIpc) is 2.62. The van der Waals surface area contributed by atoms with Crippen LogP contribution >= 0.6 is 11.8 Å². The number of hydrogen-bond donors (Lipinski definition) is 0. The lowest BCUT2D eigenvalue weighted by Gasteiger charge is -2.11. The van der Waals surface area contributed by atoms with Gasteiger partial charge in [0.2, 0.25) is 0 Å². The van der Waals surface area contributed by atoms with Crippen LogP contribution in [0, 0.1) is 0 Å². The summed E-state index contributed by atoms with van der Waals surface area (Å²) in [6, 6.07) is 16.9. The molecule has 0 atom stereocenters. The molecule has 122 valence electrons. The Morgan fingerprint density at radius 3 is 2.29 bits per heavy atom. The van der Waals surface area contributed by atoms with E-state index in [-0.39, 0.29) is 0 Å². The summed E-state index contributed by atoms with van der Waals surface area (Å²) < 4.78 is 0. The van der Waals surface area contributed by atoms with Gasteiger partial charge in [0.05, 0.1) is 10.7 Å². The molecule has 2 heteroatoms. The number of benzene rings is 2. The zero-order chi connectivity index (χ0) is 17.5. The van der Waals surface area contributed by atoms with Crippen molar-refractivity contribution in [3.63, 3.8) is 0 Å². The van der Waals surface area contributed by atoms with Crippen molar-refractivity contribution in [1.29, 1.82) is 0 Å². The Balaban J connectivity index is 2.59. The highest BCUT2D eigenvalue weighted by Gasteiger charge is 2.07. The van der Waals surface area contributed by atoms with E-state index in [4.69, 9.17) is 0 Å². The Bertz CT molecular complexity index is 798. The van der Waals surface area contributed by atoms with Crippen LogP contribution in [0.2, 0.25) is 0 Å². The van der Waals surface area contributed by atoms with Crippen molar-refractivity contribution >= 4 is 28.1 Å². The molecule has 0 aromatic heterocycles. The lowest BCUT2D eigenvalue weighted by atomic mass is 9.95. The number of thioether (sulfide) groups is 1. The minimum absolute atomic E-state index is 0.785. The molecule has 0 saturated carbocycles. The van der Waals surface area contributed by atoms with E-state index in [1.165, 1.54) is 11.1 Å². The van der Waals surface area contributed by atoms with E-state index in [9.17, 15) is 0 Å². The Hall–Kier alpha value is -2.32. The van der Waals surface area contributed by atoms with Crippen LogP contribution in [0.3, 0.4) is 0 Å². The zero-order valence-electron chi connectivity index (χ0n) is 14.5. The summed E-state index contributed by atoms with van der Waals surface area (Å²) in [5, 5.41) is 1.00. The number of aliphatic imine (C=N–C) groups is 1. The van der Waals surface area contributed by atoms with Crippen LogP contribution in [-0.4, -0.2) is 11.3 Å².